The summed E-state index contributed by atoms with van der Waals surface area (Å²) in [5.74, 6) is -2.48. The van der Waals surface area contributed by atoms with Gasteiger partial charge in [-0.1, -0.05) is 0 Å². The van der Waals surface area contributed by atoms with Crippen LogP contribution in [0.4, 0.5) is 4.39 Å². The van der Waals surface area contributed by atoms with Crippen molar-refractivity contribution in [2.24, 2.45) is 5.73 Å². The number of aliphatic carboxylic acids is 1. The van der Waals surface area contributed by atoms with Gasteiger partial charge in [0.15, 0.2) is 0 Å². The Balaban J connectivity index is 3.22. The zero-order chi connectivity index (χ0) is 10.9. The van der Waals surface area contributed by atoms with Crippen molar-refractivity contribution in [2.75, 3.05) is 0 Å². The number of aromatic hydroxyl groups is 1. The topological polar surface area (TPSA) is 83.6 Å². The average Bonchev–Trinajstić information content (AvgIpc) is 2.10. The fourth-order valence-corrected chi connectivity index (χ4v) is 1.28. The van der Waals surface area contributed by atoms with E-state index < -0.39 is 17.8 Å². The van der Waals surface area contributed by atoms with E-state index in [1.807, 2.05) is 0 Å². The minimum Gasteiger partial charge on any atom is -0.507 e. The Kier molecular flexibility index (Phi) is 3.07. The van der Waals surface area contributed by atoms with Gasteiger partial charge >= 0.3 is 5.97 Å². The Hall–Kier alpha value is -1.14. The molecule has 0 aliphatic carbocycles. The highest BCUT2D eigenvalue weighted by atomic mass is 79.9. The maximum Gasteiger partial charge on any atom is 0.325 e. The van der Waals surface area contributed by atoms with Gasteiger partial charge in [0, 0.05) is 11.6 Å². The van der Waals surface area contributed by atoms with Gasteiger partial charge in [0.25, 0.3) is 0 Å². The quantitative estimate of drug-likeness (QED) is 0.753. The van der Waals surface area contributed by atoms with E-state index >= 15 is 0 Å². The molecule has 0 saturated heterocycles. The second-order valence-electron chi connectivity index (χ2n) is 2.64. The molecule has 1 atom stereocenters. The largest absolute Gasteiger partial charge is 0.507 e. The third kappa shape index (κ3) is 2.02. The lowest BCUT2D eigenvalue weighted by atomic mass is 10.1. The van der Waals surface area contributed by atoms with Crippen LogP contribution in [0.25, 0.3) is 0 Å². The van der Waals surface area contributed by atoms with E-state index in [4.69, 9.17) is 15.9 Å². The number of rotatable bonds is 2. The van der Waals surface area contributed by atoms with Gasteiger partial charge < -0.3 is 15.9 Å². The number of phenols is 1. The van der Waals surface area contributed by atoms with Crippen LogP contribution in [0, 0.1) is 5.82 Å². The first kappa shape index (κ1) is 10.9. The normalized spacial score (nSPS) is 12.5. The fraction of sp³-hybridized carbons (Fsp3) is 0.125. The van der Waals surface area contributed by atoms with Gasteiger partial charge in [-0.25, -0.2) is 4.39 Å². The molecule has 14 heavy (non-hydrogen) atoms. The molecule has 1 aromatic rings. The van der Waals surface area contributed by atoms with Crippen LogP contribution in [0.15, 0.2) is 16.6 Å². The highest BCUT2D eigenvalue weighted by molar-refractivity contribution is 9.10. The lowest BCUT2D eigenvalue weighted by molar-refractivity contribution is -0.138. The highest BCUT2D eigenvalue weighted by Gasteiger charge is 2.19. The first-order valence-corrected chi connectivity index (χ1v) is 4.39. The summed E-state index contributed by atoms with van der Waals surface area (Å²) in [5, 5.41) is 17.6. The number of phenolic OH excluding ortho intramolecular Hbond substituents is 1. The molecule has 0 aliphatic heterocycles. The maximum absolute atomic E-state index is 13.1. The van der Waals surface area contributed by atoms with Crippen LogP contribution in [-0.4, -0.2) is 16.2 Å². The summed E-state index contributed by atoms with van der Waals surface area (Å²) in [7, 11) is 0. The van der Waals surface area contributed by atoms with Crippen molar-refractivity contribution in [3.8, 4) is 5.75 Å². The second kappa shape index (κ2) is 3.93. The van der Waals surface area contributed by atoms with Crippen LogP contribution in [0.2, 0.25) is 0 Å². The lowest BCUT2D eigenvalue weighted by Crippen LogP contribution is -2.21. The van der Waals surface area contributed by atoms with Crippen molar-refractivity contribution >= 4 is 21.9 Å². The summed E-state index contributed by atoms with van der Waals surface area (Å²) in [6, 6.07) is 0.512. The molecule has 0 amide bonds. The Morgan fingerprint density at radius 2 is 2.14 bits per heavy atom. The predicted octanol–water partition coefficient (Wildman–Crippen LogP) is 1.38. The van der Waals surface area contributed by atoms with Gasteiger partial charge in [0.05, 0.1) is 4.47 Å². The number of carboxylic acid groups (broad SMARTS) is 1. The number of carbonyl (C=O) groups is 1. The smallest absolute Gasteiger partial charge is 0.325 e. The minimum absolute atomic E-state index is 0.179. The Morgan fingerprint density at radius 3 is 2.64 bits per heavy atom. The van der Waals surface area contributed by atoms with Crippen molar-refractivity contribution in [3.05, 3.63) is 28.0 Å². The number of carboxylic acids is 1. The van der Waals surface area contributed by atoms with E-state index in [9.17, 15) is 9.18 Å². The predicted molar refractivity (Wildman–Crippen MR) is 50.3 cm³/mol. The van der Waals surface area contributed by atoms with Crippen molar-refractivity contribution in [1.82, 2.24) is 0 Å². The summed E-state index contributed by atoms with van der Waals surface area (Å²) in [6.07, 6.45) is 0. The molecule has 4 N–H and O–H groups in total. The minimum atomic E-state index is -1.44. The van der Waals surface area contributed by atoms with E-state index in [-0.39, 0.29) is 15.8 Å². The molecule has 0 aromatic heterocycles. The molecule has 0 saturated carbocycles. The summed E-state index contributed by atoms with van der Waals surface area (Å²) in [4.78, 5) is 10.5. The Bertz CT molecular complexity index is 383. The third-order valence-corrected chi connectivity index (χ3v) is 2.30. The van der Waals surface area contributed by atoms with E-state index in [0.717, 1.165) is 12.1 Å². The highest BCUT2D eigenvalue weighted by Crippen LogP contribution is 2.29. The fourth-order valence-electron chi connectivity index (χ4n) is 0.923. The van der Waals surface area contributed by atoms with Crippen LogP contribution in [-0.2, 0) is 4.79 Å². The first-order chi connectivity index (χ1) is 6.43. The van der Waals surface area contributed by atoms with Crippen molar-refractivity contribution in [1.29, 1.82) is 0 Å². The Morgan fingerprint density at radius 1 is 1.57 bits per heavy atom. The zero-order valence-electron chi connectivity index (χ0n) is 6.87. The molecular weight excluding hydrogens is 257 g/mol. The monoisotopic (exact) mass is 263 g/mol. The van der Waals surface area contributed by atoms with E-state index in [0.29, 0.717) is 0 Å². The van der Waals surface area contributed by atoms with Gasteiger partial charge in [0.1, 0.15) is 17.6 Å². The van der Waals surface area contributed by atoms with Crippen LogP contribution >= 0.6 is 15.9 Å². The van der Waals surface area contributed by atoms with Crippen LogP contribution in [0.5, 0.6) is 5.75 Å². The van der Waals surface area contributed by atoms with Gasteiger partial charge in [-0.05, 0) is 22.0 Å². The van der Waals surface area contributed by atoms with E-state index in [2.05, 4.69) is 15.9 Å². The first-order valence-electron chi connectivity index (χ1n) is 3.59. The van der Waals surface area contributed by atoms with Gasteiger partial charge in [-0.3, -0.25) is 4.79 Å². The van der Waals surface area contributed by atoms with E-state index in [1.165, 1.54) is 0 Å². The molecule has 1 unspecified atom stereocenters. The van der Waals surface area contributed by atoms with Crippen molar-refractivity contribution < 1.29 is 19.4 Å². The molecule has 76 valence electrons. The average molecular weight is 264 g/mol. The van der Waals surface area contributed by atoms with E-state index in [1.54, 1.807) is 0 Å². The molecule has 0 fully saturated rings. The molecule has 0 spiro atoms. The third-order valence-electron chi connectivity index (χ3n) is 1.67. The van der Waals surface area contributed by atoms with Crippen LogP contribution < -0.4 is 5.73 Å². The summed E-state index contributed by atoms with van der Waals surface area (Å²) < 4.78 is 13.3. The van der Waals surface area contributed by atoms with Crippen LogP contribution in [0.3, 0.4) is 0 Å². The summed E-state index contributed by atoms with van der Waals surface area (Å²) in [6.45, 7) is 0. The number of benzene rings is 1. The van der Waals surface area contributed by atoms with Crippen molar-refractivity contribution in [3.63, 3.8) is 0 Å². The number of hydrogen-bond donors (Lipinski definition) is 3. The van der Waals surface area contributed by atoms with Gasteiger partial charge in [-0.15, -0.1) is 0 Å². The molecule has 1 rings (SSSR count). The molecule has 0 heterocycles. The molecule has 0 bridgehead atoms. The molecule has 6 heteroatoms. The van der Waals surface area contributed by atoms with Crippen LogP contribution in [0.1, 0.15) is 11.6 Å². The number of hydrogen-bond acceptors (Lipinski definition) is 3. The maximum atomic E-state index is 13.1. The standard InChI is InChI=1S/C8H7BrFNO3/c9-4-1-3(7(11)8(13)14)5(10)2-6(4)12/h1-2,7,12H,11H2,(H,13,14). The van der Waals surface area contributed by atoms with Gasteiger partial charge in [0.2, 0.25) is 0 Å². The molecule has 0 aliphatic rings. The Labute approximate surface area is 87.3 Å². The second-order valence-corrected chi connectivity index (χ2v) is 3.50. The SMILES string of the molecule is NC(C(=O)O)c1cc(Br)c(O)cc1F. The molecule has 1 aromatic carbocycles. The molecule has 4 nitrogen and oxygen atoms in total. The molecular formula is C8H7BrFNO3. The van der Waals surface area contributed by atoms with Gasteiger partial charge in [-0.2, -0.15) is 0 Å². The zero-order valence-corrected chi connectivity index (χ0v) is 8.45. The van der Waals surface area contributed by atoms with Crippen molar-refractivity contribution in [2.45, 2.75) is 6.04 Å². The molecule has 0 radical (unpaired) electrons. The lowest BCUT2D eigenvalue weighted by Gasteiger charge is -2.09. The number of halogens is 2. The summed E-state index contributed by atoms with van der Waals surface area (Å²) >= 11 is 2.93. The summed E-state index contributed by atoms with van der Waals surface area (Å²) in [5.41, 5.74) is 5.04. The number of nitrogens with two attached hydrogens (primary N) is 1.